The van der Waals surface area contributed by atoms with Crippen LogP contribution in [0.2, 0.25) is 0 Å². The van der Waals surface area contributed by atoms with Crippen molar-refractivity contribution in [3.63, 3.8) is 0 Å². The minimum atomic E-state index is 0.555. The maximum atomic E-state index is 5.81. The van der Waals surface area contributed by atoms with E-state index in [1.165, 1.54) is 32.1 Å². The SMILES string of the molecule is NCc1ccccc1OCCC1CCCC1. The molecular weight excluding hydrogens is 198 g/mol. The summed E-state index contributed by atoms with van der Waals surface area (Å²) < 4.78 is 5.81. The minimum Gasteiger partial charge on any atom is -0.493 e. The molecule has 1 saturated carbocycles. The Balaban J connectivity index is 1.79. The zero-order valence-electron chi connectivity index (χ0n) is 9.82. The molecule has 2 N–H and O–H groups in total. The van der Waals surface area contributed by atoms with Gasteiger partial charge in [-0.15, -0.1) is 0 Å². The molecule has 1 fully saturated rings. The Morgan fingerprint density at radius 2 is 1.94 bits per heavy atom. The van der Waals surface area contributed by atoms with Gasteiger partial charge in [0, 0.05) is 12.1 Å². The molecule has 1 aromatic rings. The van der Waals surface area contributed by atoms with Crippen molar-refractivity contribution >= 4 is 0 Å². The molecule has 2 nitrogen and oxygen atoms in total. The summed E-state index contributed by atoms with van der Waals surface area (Å²) in [6.07, 6.45) is 6.79. The molecule has 0 heterocycles. The lowest BCUT2D eigenvalue weighted by molar-refractivity contribution is 0.277. The summed E-state index contributed by atoms with van der Waals surface area (Å²) in [6.45, 7) is 1.39. The summed E-state index contributed by atoms with van der Waals surface area (Å²) >= 11 is 0. The molecule has 88 valence electrons. The summed E-state index contributed by atoms with van der Waals surface area (Å²) in [5.41, 5.74) is 6.77. The van der Waals surface area contributed by atoms with E-state index in [0.717, 1.165) is 23.8 Å². The number of nitrogens with two attached hydrogens (primary N) is 1. The van der Waals surface area contributed by atoms with E-state index in [0.29, 0.717) is 6.54 Å². The van der Waals surface area contributed by atoms with Gasteiger partial charge in [-0.25, -0.2) is 0 Å². The van der Waals surface area contributed by atoms with Crippen molar-refractivity contribution in [2.24, 2.45) is 11.7 Å². The summed E-state index contributed by atoms with van der Waals surface area (Å²) in [7, 11) is 0. The van der Waals surface area contributed by atoms with E-state index in [4.69, 9.17) is 10.5 Å². The highest BCUT2D eigenvalue weighted by Crippen LogP contribution is 2.27. The van der Waals surface area contributed by atoms with Crippen LogP contribution in [0.1, 0.15) is 37.7 Å². The molecule has 2 rings (SSSR count). The molecule has 0 radical (unpaired) electrons. The second kappa shape index (κ2) is 5.90. The first-order valence-electron chi connectivity index (χ1n) is 6.31. The lowest BCUT2D eigenvalue weighted by atomic mass is 10.1. The van der Waals surface area contributed by atoms with Gasteiger partial charge in [0.2, 0.25) is 0 Å². The van der Waals surface area contributed by atoms with Crippen LogP contribution in [-0.4, -0.2) is 6.61 Å². The van der Waals surface area contributed by atoms with Crippen molar-refractivity contribution in [1.82, 2.24) is 0 Å². The van der Waals surface area contributed by atoms with Crippen molar-refractivity contribution in [1.29, 1.82) is 0 Å². The van der Waals surface area contributed by atoms with E-state index < -0.39 is 0 Å². The van der Waals surface area contributed by atoms with Crippen LogP contribution in [0.15, 0.2) is 24.3 Å². The van der Waals surface area contributed by atoms with E-state index in [2.05, 4.69) is 0 Å². The average molecular weight is 219 g/mol. The van der Waals surface area contributed by atoms with Gasteiger partial charge in [0.15, 0.2) is 0 Å². The molecule has 1 aliphatic rings. The Morgan fingerprint density at radius 1 is 1.19 bits per heavy atom. The van der Waals surface area contributed by atoms with Crippen LogP contribution in [0.25, 0.3) is 0 Å². The third-order valence-corrected chi connectivity index (χ3v) is 3.45. The van der Waals surface area contributed by atoms with Gasteiger partial charge in [-0.05, 0) is 18.4 Å². The van der Waals surface area contributed by atoms with Gasteiger partial charge in [0.05, 0.1) is 6.61 Å². The Labute approximate surface area is 97.8 Å². The molecule has 2 heteroatoms. The first-order valence-corrected chi connectivity index (χ1v) is 6.31. The molecule has 0 atom stereocenters. The Bertz CT molecular complexity index is 318. The lowest BCUT2D eigenvalue weighted by Gasteiger charge is -2.12. The third-order valence-electron chi connectivity index (χ3n) is 3.45. The minimum absolute atomic E-state index is 0.555. The van der Waals surface area contributed by atoms with Gasteiger partial charge in [0.1, 0.15) is 5.75 Å². The van der Waals surface area contributed by atoms with Crippen molar-refractivity contribution in [2.75, 3.05) is 6.61 Å². The molecule has 0 bridgehead atoms. The van der Waals surface area contributed by atoms with Gasteiger partial charge < -0.3 is 10.5 Å². The van der Waals surface area contributed by atoms with E-state index in [9.17, 15) is 0 Å². The average Bonchev–Trinajstić information content (AvgIpc) is 2.83. The predicted octanol–water partition coefficient (Wildman–Crippen LogP) is 3.10. The van der Waals surface area contributed by atoms with Gasteiger partial charge in [-0.1, -0.05) is 43.9 Å². The van der Waals surface area contributed by atoms with Crippen LogP contribution in [0.4, 0.5) is 0 Å². The number of para-hydroxylation sites is 1. The number of hydrogen-bond donors (Lipinski definition) is 1. The molecular formula is C14H21NO. The van der Waals surface area contributed by atoms with Crippen LogP contribution in [0.5, 0.6) is 5.75 Å². The normalized spacial score (nSPS) is 16.6. The van der Waals surface area contributed by atoms with Gasteiger partial charge in [0.25, 0.3) is 0 Å². The summed E-state index contributed by atoms with van der Waals surface area (Å²) in [5.74, 6) is 1.85. The zero-order chi connectivity index (χ0) is 11.2. The Morgan fingerprint density at radius 3 is 2.69 bits per heavy atom. The van der Waals surface area contributed by atoms with Crippen molar-refractivity contribution in [3.05, 3.63) is 29.8 Å². The molecule has 1 aromatic carbocycles. The fraction of sp³-hybridized carbons (Fsp3) is 0.571. The van der Waals surface area contributed by atoms with Crippen molar-refractivity contribution in [3.8, 4) is 5.75 Å². The fourth-order valence-corrected chi connectivity index (χ4v) is 2.45. The van der Waals surface area contributed by atoms with Gasteiger partial charge >= 0.3 is 0 Å². The van der Waals surface area contributed by atoms with Gasteiger partial charge in [-0.2, -0.15) is 0 Å². The molecule has 0 aliphatic heterocycles. The first kappa shape index (κ1) is 11.5. The highest BCUT2D eigenvalue weighted by Gasteiger charge is 2.14. The third kappa shape index (κ3) is 2.99. The lowest BCUT2D eigenvalue weighted by Crippen LogP contribution is -2.06. The van der Waals surface area contributed by atoms with Crippen molar-refractivity contribution < 1.29 is 4.74 Å². The number of ether oxygens (including phenoxy) is 1. The molecule has 0 unspecified atom stereocenters. The Kier molecular flexibility index (Phi) is 4.23. The Hall–Kier alpha value is -1.02. The van der Waals surface area contributed by atoms with E-state index in [-0.39, 0.29) is 0 Å². The van der Waals surface area contributed by atoms with E-state index in [1.807, 2.05) is 24.3 Å². The van der Waals surface area contributed by atoms with Crippen LogP contribution in [0.3, 0.4) is 0 Å². The molecule has 0 amide bonds. The maximum Gasteiger partial charge on any atom is 0.123 e. The first-order chi connectivity index (χ1) is 7.90. The van der Waals surface area contributed by atoms with Crippen LogP contribution in [0, 0.1) is 5.92 Å². The summed E-state index contributed by atoms with van der Waals surface area (Å²) in [5, 5.41) is 0. The monoisotopic (exact) mass is 219 g/mol. The molecule has 1 aliphatic carbocycles. The van der Waals surface area contributed by atoms with E-state index >= 15 is 0 Å². The zero-order valence-corrected chi connectivity index (χ0v) is 9.82. The highest BCUT2D eigenvalue weighted by atomic mass is 16.5. The summed E-state index contributed by atoms with van der Waals surface area (Å²) in [6, 6.07) is 8.05. The van der Waals surface area contributed by atoms with Crippen LogP contribution in [-0.2, 0) is 6.54 Å². The second-order valence-electron chi connectivity index (χ2n) is 4.60. The fourth-order valence-electron chi connectivity index (χ4n) is 2.45. The number of benzene rings is 1. The van der Waals surface area contributed by atoms with Crippen LogP contribution < -0.4 is 10.5 Å². The van der Waals surface area contributed by atoms with E-state index in [1.54, 1.807) is 0 Å². The van der Waals surface area contributed by atoms with Gasteiger partial charge in [-0.3, -0.25) is 0 Å². The molecule has 16 heavy (non-hydrogen) atoms. The predicted molar refractivity (Wildman–Crippen MR) is 66.4 cm³/mol. The molecule has 0 spiro atoms. The number of rotatable bonds is 5. The summed E-state index contributed by atoms with van der Waals surface area (Å²) in [4.78, 5) is 0. The topological polar surface area (TPSA) is 35.2 Å². The standard InChI is InChI=1S/C14H21NO/c15-11-13-7-3-4-8-14(13)16-10-9-12-5-1-2-6-12/h3-4,7-8,12H,1-2,5-6,9-11,15H2. The largest absolute Gasteiger partial charge is 0.493 e. The molecule has 0 saturated heterocycles. The second-order valence-corrected chi connectivity index (χ2v) is 4.60. The van der Waals surface area contributed by atoms with Crippen molar-refractivity contribution in [2.45, 2.75) is 38.6 Å². The van der Waals surface area contributed by atoms with Crippen LogP contribution >= 0.6 is 0 Å². The smallest absolute Gasteiger partial charge is 0.123 e. The maximum absolute atomic E-state index is 5.81. The number of hydrogen-bond acceptors (Lipinski definition) is 2. The quantitative estimate of drug-likeness (QED) is 0.826. The highest BCUT2D eigenvalue weighted by molar-refractivity contribution is 5.32. The molecule has 0 aromatic heterocycles.